The molecule has 5 heteroatoms. The summed E-state index contributed by atoms with van der Waals surface area (Å²) in [7, 11) is 0. The minimum atomic E-state index is -0.409. The van der Waals surface area contributed by atoms with Gasteiger partial charge in [-0.3, -0.25) is 4.79 Å². The largest absolute Gasteiger partial charge is 0.462 e. The Balaban J connectivity index is 2.52. The predicted octanol–water partition coefficient (Wildman–Crippen LogP) is 4.56. The first-order valence-electron chi connectivity index (χ1n) is 7.64. The quantitative estimate of drug-likeness (QED) is 0.817. The highest BCUT2D eigenvalue weighted by Gasteiger charge is 2.22. The van der Waals surface area contributed by atoms with Crippen LogP contribution in [0.15, 0.2) is 23.6 Å². The van der Waals surface area contributed by atoms with Gasteiger partial charge in [0.2, 0.25) is 5.91 Å². The molecule has 1 amide bonds. The number of ether oxygens (including phenoxy) is 1. The van der Waals surface area contributed by atoms with E-state index in [0.29, 0.717) is 23.6 Å². The molecular formula is C18H21NO3S. The average molecular weight is 331 g/mol. The molecular weight excluding hydrogens is 310 g/mol. The van der Waals surface area contributed by atoms with E-state index in [0.717, 1.165) is 16.7 Å². The monoisotopic (exact) mass is 331 g/mol. The lowest BCUT2D eigenvalue weighted by atomic mass is 9.99. The van der Waals surface area contributed by atoms with Crippen molar-refractivity contribution < 1.29 is 14.3 Å². The Bertz CT molecular complexity index is 734. The molecule has 23 heavy (non-hydrogen) atoms. The van der Waals surface area contributed by atoms with Crippen molar-refractivity contribution in [1.29, 1.82) is 0 Å². The van der Waals surface area contributed by atoms with Crippen LogP contribution in [0.3, 0.4) is 0 Å². The number of carbonyl (C=O) groups is 2. The second kappa shape index (κ2) is 7.42. The van der Waals surface area contributed by atoms with E-state index < -0.39 is 5.97 Å². The molecule has 1 aromatic heterocycles. The zero-order valence-corrected chi connectivity index (χ0v) is 14.7. The molecule has 122 valence electrons. The van der Waals surface area contributed by atoms with E-state index in [4.69, 9.17) is 4.74 Å². The Morgan fingerprint density at radius 3 is 2.52 bits per heavy atom. The Hall–Kier alpha value is -2.14. The molecule has 0 spiro atoms. The third-order valence-corrected chi connectivity index (χ3v) is 4.56. The first-order valence-corrected chi connectivity index (χ1v) is 8.52. The summed E-state index contributed by atoms with van der Waals surface area (Å²) in [6.45, 7) is 7.92. The van der Waals surface area contributed by atoms with Crippen LogP contribution in [0.5, 0.6) is 0 Å². The lowest BCUT2D eigenvalue weighted by Crippen LogP contribution is -2.13. The number of carbonyl (C=O) groups excluding carboxylic acids is 2. The van der Waals surface area contributed by atoms with Gasteiger partial charge in [0.1, 0.15) is 10.6 Å². The fraction of sp³-hybridized carbons (Fsp3) is 0.333. The maximum Gasteiger partial charge on any atom is 0.341 e. The molecule has 4 nitrogen and oxygen atoms in total. The van der Waals surface area contributed by atoms with Gasteiger partial charge in [-0.05, 0) is 37.5 Å². The molecule has 0 atom stereocenters. The molecule has 0 saturated carbocycles. The second-order valence-corrected chi connectivity index (χ2v) is 6.15. The number of benzene rings is 1. The number of nitrogens with one attached hydrogen (secondary N) is 1. The van der Waals surface area contributed by atoms with Crippen molar-refractivity contribution in [2.75, 3.05) is 11.9 Å². The molecule has 0 radical (unpaired) electrons. The molecule has 1 N–H and O–H groups in total. The highest BCUT2D eigenvalue weighted by atomic mass is 32.1. The minimum absolute atomic E-state index is 0.121. The number of thiophene rings is 1. The number of aryl methyl sites for hydroxylation is 2. The SMILES string of the molecule is CCOC(=O)c1c(-c2ccc(C)c(C)c2)csc1NC(=O)CC. The van der Waals surface area contributed by atoms with Gasteiger partial charge in [0, 0.05) is 17.4 Å². The Morgan fingerprint density at radius 2 is 1.91 bits per heavy atom. The van der Waals surface area contributed by atoms with Crippen molar-refractivity contribution in [3.63, 3.8) is 0 Å². The van der Waals surface area contributed by atoms with Crippen molar-refractivity contribution in [2.24, 2.45) is 0 Å². The van der Waals surface area contributed by atoms with Gasteiger partial charge in [0.25, 0.3) is 0 Å². The predicted molar refractivity (Wildman–Crippen MR) is 94.1 cm³/mol. The molecule has 0 saturated heterocycles. The fourth-order valence-corrected chi connectivity index (χ4v) is 3.17. The summed E-state index contributed by atoms with van der Waals surface area (Å²) in [6.07, 6.45) is 0.360. The van der Waals surface area contributed by atoms with E-state index in [9.17, 15) is 9.59 Å². The number of hydrogen-bond acceptors (Lipinski definition) is 4. The summed E-state index contributed by atoms with van der Waals surface area (Å²) < 4.78 is 5.17. The van der Waals surface area contributed by atoms with E-state index in [2.05, 4.69) is 5.32 Å². The van der Waals surface area contributed by atoms with Crippen LogP contribution in [0.4, 0.5) is 5.00 Å². The molecule has 0 fully saturated rings. The average Bonchev–Trinajstić information content (AvgIpc) is 2.93. The highest BCUT2D eigenvalue weighted by Crippen LogP contribution is 2.37. The molecule has 0 bridgehead atoms. The third kappa shape index (κ3) is 3.79. The summed E-state index contributed by atoms with van der Waals surface area (Å²) in [4.78, 5) is 24.1. The number of esters is 1. The maximum atomic E-state index is 12.4. The van der Waals surface area contributed by atoms with Crippen molar-refractivity contribution in [3.05, 3.63) is 40.3 Å². The molecule has 0 unspecified atom stereocenters. The molecule has 1 heterocycles. The van der Waals surface area contributed by atoms with Crippen LogP contribution in [0.1, 0.15) is 41.8 Å². The summed E-state index contributed by atoms with van der Waals surface area (Å²) in [5, 5.41) is 5.23. The van der Waals surface area contributed by atoms with Gasteiger partial charge in [-0.25, -0.2) is 4.79 Å². The summed E-state index contributed by atoms with van der Waals surface area (Å²) >= 11 is 1.35. The van der Waals surface area contributed by atoms with Crippen LogP contribution in [0, 0.1) is 13.8 Å². The summed E-state index contributed by atoms with van der Waals surface area (Å²) in [5.41, 5.74) is 4.53. The lowest BCUT2D eigenvalue weighted by molar-refractivity contribution is -0.115. The van der Waals surface area contributed by atoms with Crippen LogP contribution in [0.2, 0.25) is 0 Å². The summed E-state index contributed by atoms with van der Waals surface area (Å²) in [6, 6.07) is 6.06. The molecule has 2 rings (SSSR count). The second-order valence-electron chi connectivity index (χ2n) is 5.27. The number of rotatable bonds is 5. The first-order chi connectivity index (χ1) is 11.0. The Kier molecular flexibility index (Phi) is 5.55. The topological polar surface area (TPSA) is 55.4 Å². The van der Waals surface area contributed by atoms with E-state index in [1.165, 1.54) is 16.9 Å². The normalized spacial score (nSPS) is 10.4. The molecule has 1 aromatic carbocycles. The Morgan fingerprint density at radius 1 is 1.17 bits per heavy atom. The van der Waals surface area contributed by atoms with E-state index in [1.807, 2.05) is 37.4 Å². The van der Waals surface area contributed by atoms with Crippen molar-refractivity contribution in [2.45, 2.75) is 34.1 Å². The van der Waals surface area contributed by atoms with Crippen LogP contribution in [0.25, 0.3) is 11.1 Å². The molecule has 0 aliphatic carbocycles. The van der Waals surface area contributed by atoms with Crippen LogP contribution < -0.4 is 5.32 Å². The summed E-state index contributed by atoms with van der Waals surface area (Å²) in [5.74, 6) is -0.530. The van der Waals surface area contributed by atoms with Gasteiger partial charge in [0.15, 0.2) is 0 Å². The highest BCUT2D eigenvalue weighted by molar-refractivity contribution is 7.15. The van der Waals surface area contributed by atoms with E-state index in [-0.39, 0.29) is 5.91 Å². The smallest absolute Gasteiger partial charge is 0.341 e. The maximum absolute atomic E-state index is 12.4. The zero-order valence-electron chi connectivity index (χ0n) is 13.9. The van der Waals surface area contributed by atoms with Crippen molar-refractivity contribution >= 4 is 28.2 Å². The van der Waals surface area contributed by atoms with E-state index in [1.54, 1.807) is 13.8 Å². The zero-order chi connectivity index (χ0) is 17.0. The van der Waals surface area contributed by atoms with Crippen LogP contribution >= 0.6 is 11.3 Å². The van der Waals surface area contributed by atoms with Crippen LogP contribution in [-0.2, 0) is 9.53 Å². The number of hydrogen-bond donors (Lipinski definition) is 1. The Labute approximate surface area is 140 Å². The van der Waals surface area contributed by atoms with Crippen LogP contribution in [-0.4, -0.2) is 18.5 Å². The minimum Gasteiger partial charge on any atom is -0.462 e. The fourth-order valence-electron chi connectivity index (χ4n) is 2.19. The van der Waals surface area contributed by atoms with Gasteiger partial charge in [-0.15, -0.1) is 11.3 Å². The van der Waals surface area contributed by atoms with Gasteiger partial charge in [-0.1, -0.05) is 25.1 Å². The number of anilines is 1. The third-order valence-electron chi connectivity index (χ3n) is 3.66. The molecule has 2 aromatic rings. The van der Waals surface area contributed by atoms with Gasteiger partial charge >= 0.3 is 5.97 Å². The van der Waals surface area contributed by atoms with E-state index >= 15 is 0 Å². The first kappa shape index (κ1) is 17.2. The molecule has 0 aliphatic rings. The van der Waals surface area contributed by atoms with Gasteiger partial charge in [0.05, 0.1) is 6.61 Å². The van der Waals surface area contributed by atoms with Crippen molar-refractivity contribution in [3.8, 4) is 11.1 Å². The van der Waals surface area contributed by atoms with Gasteiger partial charge < -0.3 is 10.1 Å². The van der Waals surface area contributed by atoms with Gasteiger partial charge in [-0.2, -0.15) is 0 Å². The standard InChI is InChI=1S/C18H21NO3S/c1-5-15(20)19-17-16(18(21)22-6-2)14(10-23-17)13-8-7-11(3)12(4)9-13/h7-10H,5-6H2,1-4H3,(H,19,20). The number of amides is 1. The lowest BCUT2D eigenvalue weighted by Gasteiger charge is -2.09. The van der Waals surface area contributed by atoms with Crippen molar-refractivity contribution in [1.82, 2.24) is 0 Å². The molecule has 0 aliphatic heterocycles.